The first-order valence-electron chi connectivity index (χ1n) is 7.16. The Hall–Kier alpha value is -1.86. The van der Waals surface area contributed by atoms with Gasteiger partial charge in [-0.2, -0.15) is 4.31 Å². The highest BCUT2D eigenvalue weighted by Crippen LogP contribution is 2.25. The Bertz CT molecular complexity index is 791. The number of aromatic nitrogens is 1. The van der Waals surface area contributed by atoms with E-state index < -0.39 is 22.0 Å². The zero-order valence-corrected chi connectivity index (χ0v) is 13.7. The van der Waals surface area contributed by atoms with Crippen LogP contribution in [0.1, 0.15) is 26.8 Å². The van der Waals surface area contributed by atoms with E-state index in [1.807, 2.05) is 0 Å². The molecule has 22 heavy (non-hydrogen) atoms. The molecule has 0 bridgehead atoms. The summed E-state index contributed by atoms with van der Waals surface area (Å²) < 4.78 is 28.0. The van der Waals surface area contributed by atoms with Gasteiger partial charge in [-0.15, -0.1) is 0 Å². The maximum absolute atomic E-state index is 12.5. The van der Waals surface area contributed by atoms with Gasteiger partial charge in [-0.05, 0) is 31.2 Å². The van der Waals surface area contributed by atoms with Gasteiger partial charge in [0.2, 0.25) is 10.0 Å². The van der Waals surface area contributed by atoms with Gasteiger partial charge in [0.05, 0.1) is 4.90 Å². The molecule has 1 atom stereocenters. The molecule has 0 saturated carbocycles. The summed E-state index contributed by atoms with van der Waals surface area (Å²) >= 11 is 0. The van der Waals surface area contributed by atoms with Gasteiger partial charge >= 0.3 is 5.97 Å². The second kappa shape index (κ2) is 6.10. The molecule has 0 fully saturated rings. The van der Waals surface area contributed by atoms with E-state index in [2.05, 4.69) is 0 Å². The quantitative estimate of drug-likeness (QED) is 0.884. The third kappa shape index (κ3) is 2.74. The first-order chi connectivity index (χ1) is 10.3. The molecule has 1 N–H and O–H groups in total. The SMILES string of the molecule is CCN(CC)S(=O)(=O)c1ccc2c(ccn2C(C)C(=O)O)c1. The highest BCUT2D eigenvalue weighted by atomic mass is 32.2. The summed E-state index contributed by atoms with van der Waals surface area (Å²) in [6.07, 6.45) is 1.66. The number of sulfonamides is 1. The summed E-state index contributed by atoms with van der Waals surface area (Å²) in [5.41, 5.74) is 0.702. The zero-order valence-electron chi connectivity index (χ0n) is 12.9. The molecule has 2 aromatic rings. The molecule has 1 aromatic carbocycles. The molecule has 0 radical (unpaired) electrons. The maximum atomic E-state index is 12.5. The van der Waals surface area contributed by atoms with Crippen LogP contribution in [0.25, 0.3) is 10.9 Å². The lowest BCUT2D eigenvalue weighted by molar-refractivity contribution is -0.140. The molecule has 0 spiro atoms. The molecule has 1 heterocycles. The summed E-state index contributed by atoms with van der Waals surface area (Å²) in [4.78, 5) is 11.3. The average Bonchev–Trinajstić information content (AvgIpc) is 2.90. The van der Waals surface area contributed by atoms with E-state index >= 15 is 0 Å². The number of rotatable bonds is 6. The molecule has 1 aromatic heterocycles. The van der Waals surface area contributed by atoms with Crippen LogP contribution in [0.4, 0.5) is 0 Å². The summed E-state index contributed by atoms with van der Waals surface area (Å²) in [7, 11) is -3.51. The number of benzene rings is 1. The van der Waals surface area contributed by atoms with Crippen LogP contribution in [0, 0.1) is 0 Å². The lowest BCUT2D eigenvalue weighted by atomic mass is 10.2. The van der Waals surface area contributed by atoms with Gasteiger partial charge < -0.3 is 9.67 Å². The molecule has 2 rings (SSSR count). The van der Waals surface area contributed by atoms with Crippen LogP contribution >= 0.6 is 0 Å². The third-order valence-electron chi connectivity index (χ3n) is 3.81. The summed E-state index contributed by atoms with van der Waals surface area (Å²) in [5.74, 6) is -0.933. The molecule has 0 aliphatic carbocycles. The largest absolute Gasteiger partial charge is 0.480 e. The number of fused-ring (bicyclic) bond motifs is 1. The number of aliphatic carboxylic acids is 1. The Morgan fingerprint density at radius 3 is 2.45 bits per heavy atom. The first-order valence-corrected chi connectivity index (χ1v) is 8.60. The van der Waals surface area contributed by atoms with Crippen molar-refractivity contribution in [2.24, 2.45) is 0 Å². The fraction of sp³-hybridized carbons (Fsp3) is 0.400. The van der Waals surface area contributed by atoms with E-state index in [4.69, 9.17) is 5.11 Å². The molecular weight excluding hydrogens is 304 g/mol. The molecule has 7 heteroatoms. The van der Waals surface area contributed by atoms with Gasteiger partial charge in [0.15, 0.2) is 0 Å². The van der Waals surface area contributed by atoms with Crippen molar-refractivity contribution in [3.63, 3.8) is 0 Å². The molecule has 0 amide bonds. The van der Waals surface area contributed by atoms with Crippen LogP contribution in [0.3, 0.4) is 0 Å². The molecule has 6 nitrogen and oxygen atoms in total. The highest BCUT2D eigenvalue weighted by Gasteiger charge is 2.22. The second-order valence-corrected chi connectivity index (χ2v) is 6.99. The minimum atomic E-state index is -3.51. The lowest BCUT2D eigenvalue weighted by Crippen LogP contribution is -2.30. The highest BCUT2D eigenvalue weighted by molar-refractivity contribution is 7.89. The molecule has 120 valence electrons. The number of hydrogen-bond donors (Lipinski definition) is 1. The average molecular weight is 324 g/mol. The summed E-state index contributed by atoms with van der Waals surface area (Å²) in [5, 5.41) is 9.82. The molecule has 0 aliphatic rings. The van der Waals surface area contributed by atoms with Gasteiger partial charge in [-0.1, -0.05) is 13.8 Å². The van der Waals surface area contributed by atoms with Crippen molar-refractivity contribution in [2.45, 2.75) is 31.7 Å². The fourth-order valence-corrected chi connectivity index (χ4v) is 3.97. The number of hydrogen-bond acceptors (Lipinski definition) is 3. The molecule has 0 aliphatic heterocycles. The van der Waals surface area contributed by atoms with Gasteiger partial charge in [0.25, 0.3) is 0 Å². The van der Waals surface area contributed by atoms with Crippen molar-refractivity contribution in [3.8, 4) is 0 Å². The van der Waals surface area contributed by atoms with Gasteiger partial charge in [-0.3, -0.25) is 0 Å². The zero-order chi connectivity index (χ0) is 16.5. The van der Waals surface area contributed by atoms with Crippen molar-refractivity contribution in [1.29, 1.82) is 0 Å². The lowest BCUT2D eigenvalue weighted by Gasteiger charge is -2.18. The van der Waals surface area contributed by atoms with Crippen LogP contribution in [-0.4, -0.2) is 41.5 Å². The van der Waals surface area contributed by atoms with Crippen molar-refractivity contribution in [2.75, 3.05) is 13.1 Å². The van der Waals surface area contributed by atoms with Gasteiger partial charge in [0.1, 0.15) is 6.04 Å². The monoisotopic (exact) mass is 324 g/mol. The normalized spacial score (nSPS) is 13.6. The maximum Gasteiger partial charge on any atom is 0.326 e. The summed E-state index contributed by atoms with van der Waals surface area (Å²) in [6.45, 7) is 6.00. The molecule has 1 unspecified atom stereocenters. The topological polar surface area (TPSA) is 79.6 Å². The van der Waals surface area contributed by atoms with Crippen molar-refractivity contribution in [3.05, 3.63) is 30.5 Å². The van der Waals surface area contributed by atoms with E-state index in [0.29, 0.717) is 24.0 Å². The van der Waals surface area contributed by atoms with Crippen molar-refractivity contribution < 1.29 is 18.3 Å². The van der Waals surface area contributed by atoms with Crippen molar-refractivity contribution >= 4 is 26.9 Å². The third-order valence-corrected chi connectivity index (χ3v) is 5.86. The number of carbonyl (C=O) groups is 1. The van der Waals surface area contributed by atoms with Crippen LogP contribution in [0.5, 0.6) is 0 Å². The van der Waals surface area contributed by atoms with E-state index in [-0.39, 0.29) is 4.90 Å². The predicted molar refractivity (Wildman–Crippen MR) is 84.4 cm³/mol. The molecular formula is C15H20N2O4S. The Balaban J connectivity index is 2.52. The fourth-order valence-electron chi connectivity index (χ4n) is 2.47. The minimum Gasteiger partial charge on any atom is -0.480 e. The van der Waals surface area contributed by atoms with E-state index in [0.717, 1.165) is 0 Å². The second-order valence-electron chi connectivity index (χ2n) is 5.05. The number of carboxylic acid groups (broad SMARTS) is 1. The van der Waals surface area contributed by atoms with Crippen LogP contribution in [0.15, 0.2) is 35.4 Å². The Morgan fingerprint density at radius 1 is 1.27 bits per heavy atom. The molecule has 0 saturated heterocycles. The smallest absolute Gasteiger partial charge is 0.326 e. The van der Waals surface area contributed by atoms with Crippen LogP contribution in [0.2, 0.25) is 0 Å². The Kier molecular flexibility index (Phi) is 4.58. The summed E-state index contributed by atoms with van der Waals surface area (Å²) in [6, 6.07) is 5.80. The van der Waals surface area contributed by atoms with E-state index in [9.17, 15) is 13.2 Å². The minimum absolute atomic E-state index is 0.226. The predicted octanol–water partition coefficient (Wildman–Crippen LogP) is 2.32. The van der Waals surface area contributed by atoms with E-state index in [1.165, 1.54) is 10.4 Å². The Labute approximate surface area is 130 Å². The van der Waals surface area contributed by atoms with Crippen LogP contribution < -0.4 is 0 Å². The van der Waals surface area contributed by atoms with Gasteiger partial charge in [-0.25, -0.2) is 13.2 Å². The first kappa shape index (κ1) is 16.5. The number of carboxylic acids is 1. The van der Waals surface area contributed by atoms with Crippen LogP contribution in [-0.2, 0) is 14.8 Å². The Morgan fingerprint density at radius 2 is 1.91 bits per heavy atom. The van der Waals surface area contributed by atoms with Crippen molar-refractivity contribution in [1.82, 2.24) is 8.87 Å². The number of nitrogens with zero attached hydrogens (tertiary/aromatic N) is 2. The van der Waals surface area contributed by atoms with Gasteiger partial charge in [0, 0.05) is 30.2 Å². The van der Waals surface area contributed by atoms with E-state index in [1.54, 1.807) is 49.7 Å². The standard InChI is InChI=1S/C15H20N2O4S/c1-4-16(5-2)22(20,21)13-6-7-14-12(10-13)8-9-17(14)11(3)15(18)19/h6-11H,4-5H2,1-3H3,(H,18,19).